The summed E-state index contributed by atoms with van der Waals surface area (Å²) < 4.78 is 30.4. The van der Waals surface area contributed by atoms with Gasteiger partial charge >= 0.3 is 0 Å². The summed E-state index contributed by atoms with van der Waals surface area (Å²) in [4.78, 5) is 4.32. The molecule has 0 atom stereocenters. The first-order chi connectivity index (χ1) is 13.3. The molecule has 0 amide bonds. The molecule has 0 saturated heterocycles. The largest absolute Gasteiger partial charge is 0.492 e. The molecule has 0 spiro atoms. The first-order valence-corrected chi connectivity index (χ1v) is 11.1. The highest BCUT2D eigenvalue weighted by Gasteiger charge is 2.07. The van der Waals surface area contributed by atoms with Crippen molar-refractivity contribution in [3.63, 3.8) is 0 Å². The zero-order valence-electron chi connectivity index (χ0n) is 16.5. The Morgan fingerprint density at radius 2 is 1.68 bits per heavy atom. The number of rotatable bonds is 9. The zero-order valence-corrected chi connectivity index (χ0v) is 17.3. The van der Waals surface area contributed by atoms with Gasteiger partial charge in [0.05, 0.1) is 12.8 Å². The Kier molecular flexibility index (Phi) is 7.69. The summed E-state index contributed by atoms with van der Waals surface area (Å²) in [6.45, 7) is 4.98. The number of benzene rings is 2. The van der Waals surface area contributed by atoms with Crippen LogP contribution in [0.25, 0.3) is 0 Å². The summed E-state index contributed by atoms with van der Waals surface area (Å²) >= 11 is 0. The van der Waals surface area contributed by atoms with Gasteiger partial charge < -0.3 is 15.8 Å². The van der Waals surface area contributed by atoms with Crippen molar-refractivity contribution in [3.05, 3.63) is 53.6 Å². The minimum atomic E-state index is -3.29. The van der Waals surface area contributed by atoms with E-state index in [1.807, 2.05) is 0 Å². The third-order valence-corrected chi connectivity index (χ3v) is 4.66. The van der Waals surface area contributed by atoms with Crippen molar-refractivity contribution in [2.24, 2.45) is 10.7 Å². The fraction of sp³-hybridized carbons (Fsp3) is 0.350. The molecular formula is C20H28N4O3S. The molecule has 0 aliphatic heterocycles. The van der Waals surface area contributed by atoms with Gasteiger partial charge in [0.2, 0.25) is 10.0 Å². The molecule has 4 N–H and O–H groups in total. The molecule has 0 aliphatic rings. The van der Waals surface area contributed by atoms with Crippen LogP contribution < -0.4 is 20.5 Å². The van der Waals surface area contributed by atoms with Crippen molar-refractivity contribution in [1.82, 2.24) is 0 Å². The maximum Gasteiger partial charge on any atom is 0.229 e. The number of nitrogens with zero attached hydrogens (tertiary/aromatic N) is 1. The van der Waals surface area contributed by atoms with E-state index in [-0.39, 0.29) is 0 Å². The topological polar surface area (TPSA) is 106 Å². The van der Waals surface area contributed by atoms with Crippen LogP contribution in [0.2, 0.25) is 0 Å². The molecule has 0 radical (unpaired) electrons. The minimum absolute atomic E-state index is 0.354. The van der Waals surface area contributed by atoms with Gasteiger partial charge in [-0.3, -0.25) is 4.72 Å². The molecule has 2 rings (SSSR count). The predicted molar refractivity (Wildman–Crippen MR) is 116 cm³/mol. The number of hydrogen-bond acceptors (Lipinski definition) is 4. The third kappa shape index (κ3) is 6.77. The maximum absolute atomic E-state index is 11.2. The Morgan fingerprint density at radius 1 is 1.07 bits per heavy atom. The van der Waals surface area contributed by atoms with Crippen LogP contribution in [0, 0.1) is 0 Å². The van der Waals surface area contributed by atoms with Gasteiger partial charge in [0, 0.05) is 11.4 Å². The van der Waals surface area contributed by atoms with E-state index in [2.05, 4.69) is 47.1 Å². The van der Waals surface area contributed by atoms with Crippen molar-refractivity contribution < 1.29 is 13.2 Å². The zero-order chi connectivity index (χ0) is 20.6. The van der Waals surface area contributed by atoms with Crippen LogP contribution in [0.5, 0.6) is 5.75 Å². The van der Waals surface area contributed by atoms with Gasteiger partial charge in [-0.2, -0.15) is 0 Å². The Labute approximate surface area is 167 Å². The summed E-state index contributed by atoms with van der Waals surface area (Å²) in [5.74, 6) is 0.984. The van der Waals surface area contributed by atoms with Gasteiger partial charge in [0.1, 0.15) is 12.4 Å². The monoisotopic (exact) mass is 404 g/mol. The third-order valence-electron chi connectivity index (χ3n) is 4.05. The standard InChI is InChI=1S/C20H28N4O3S/c1-4-15-7-6-8-16(5-2)19(15)23-20(21)22-13-14-27-18-11-9-17(10-12-18)24-28(3,25)26/h6-12,24H,4-5,13-14H2,1-3H3,(H3,21,22,23). The highest BCUT2D eigenvalue weighted by atomic mass is 32.2. The van der Waals surface area contributed by atoms with Gasteiger partial charge in [-0.05, 0) is 48.2 Å². The van der Waals surface area contributed by atoms with Gasteiger partial charge in [-0.15, -0.1) is 0 Å². The molecule has 8 heteroatoms. The summed E-state index contributed by atoms with van der Waals surface area (Å²) in [7, 11) is -3.29. The average molecular weight is 405 g/mol. The van der Waals surface area contributed by atoms with Crippen molar-refractivity contribution in [2.75, 3.05) is 29.4 Å². The van der Waals surface area contributed by atoms with Crippen molar-refractivity contribution >= 4 is 27.4 Å². The van der Waals surface area contributed by atoms with Gasteiger partial charge in [0.15, 0.2) is 5.96 Å². The number of nitrogens with two attached hydrogens (primary N) is 1. The molecule has 0 aromatic heterocycles. The number of aliphatic imine (C=N–C) groups is 1. The van der Waals surface area contributed by atoms with Gasteiger partial charge in [0.25, 0.3) is 0 Å². The maximum atomic E-state index is 11.2. The van der Waals surface area contributed by atoms with Crippen LogP contribution in [0.3, 0.4) is 0 Å². The molecule has 0 unspecified atom stereocenters. The second kappa shape index (κ2) is 9.98. The van der Waals surface area contributed by atoms with Crippen molar-refractivity contribution in [2.45, 2.75) is 26.7 Å². The summed E-state index contributed by atoms with van der Waals surface area (Å²) in [6.07, 6.45) is 2.93. The minimum Gasteiger partial charge on any atom is -0.492 e. The van der Waals surface area contributed by atoms with E-state index >= 15 is 0 Å². The van der Waals surface area contributed by atoms with E-state index < -0.39 is 10.0 Å². The molecule has 2 aromatic carbocycles. The van der Waals surface area contributed by atoms with E-state index in [9.17, 15) is 8.42 Å². The molecule has 7 nitrogen and oxygen atoms in total. The van der Waals surface area contributed by atoms with Crippen molar-refractivity contribution in [1.29, 1.82) is 0 Å². The average Bonchev–Trinajstić information content (AvgIpc) is 2.65. The Balaban J connectivity index is 1.88. The van der Waals surface area contributed by atoms with E-state index in [1.54, 1.807) is 24.3 Å². The van der Waals surface area contributed by atoms with E-state index in [1.165, 1.54) is 11.1 Å². The van der Waals surface area contributed by atoms with Crippen LogP contribution in [0.4, 0.5) is 11.4 Å². The summed E-state index contributed by atoms with van der Waals surface area (Å²) in [6, 6.07) is 12.9. The highest BCUT2D eigenvalue weighted by Crippen LogP contribution is 2.22. The molecule has 0 bridgehead atoms. The van der Waals surface area contributed by atoms with E-state index in [4.69, 9.17) is 10.5 Å². The molecule has 0 aliphatic carbocycles. The molecule has 2 aromatic rings. The Bertz CT molecular complexity index is 887. The van der Waals surface area contributed by atoms with Crippen LogP contribution in [-0.4, -0.2) is 33.8 Å². The number of hydrogen-bond donors (Lipinski definition) is 3. The number of ether oxygens (including phenoxy) is 1. The molecule has 28 heavy (non-hydrogen) atoms. The number of anilines is 2. The van der Waals surface area contributed by atoms with Crippen LogP contribution in [0.15, 0.2) is 47.5 Å². The second-order valence-corrected chi connectivity index (χ2v) is 8.05. The van der Waals surface area contributed by atoms with Gasteiger partial charge in [-0.25, -0.2) is 13.4 Å². The highest BCUT2D eigenvalue weighted by molar-refractivity contribution is 7.92. The lowest BCUT2D eigenvalue weighted by Crippen LogP contribution is -2.25. The first kappa shape index (κ1) is 21.6. The summed E-state index contributed by atoms with van der Waals surface area (Å²) in [5, 5.41) is 3.22. The first-order valence-electron chi connectivity index (χ1n) is 9.20. The Morgan fingerprint density at radius 3 is 2.21 bits per heavy atom. The predicted octanol–water partition coefficient (Wildman–Crippen LogP) is 2.99. The quantitative estimate of drug-likeness (QED) is 0.338. The molecule has 0 fully saturated rings. The summed E-state index contributed by atoms with van der Waals surface area (Å²) in [5.41, 5.74) is 9.96. The molecular weight excluding hydrogens is 376 g/mol. The Hall–Kier alpha value is -2.74. The molecule has 0 saturated carbocycles. The van der Waals surface area contributed by atoms with Crippen molar-refractivity contribution in [3.8, 4) is 5.75 Å². The molecule has 152 valence electrons. The number of sulfonamides is 1. The smallest absolute Gasteiger partial charge is 0.229 e. The molecule has 0 heterocycles. The lowest BCUT2D eigenvalue weighted by molar-refractivity contribution is 0.329. The van der Waals surface area contributed by atoms with Crippen LogP contribution >= 0.6 is 0 Å². The number of nitrogens with one attached hydrogen (secondary N) is 2. The van der Waals surface area contributed by atoms with Crippen LogP contribution in [0.1, 0.15) is 25.0 Å². The lowest BCUT2D eigenvalue weighted by Gasteiger charge is -2.15. The van der Waals surface area contributed by atoms with Gasteiger partial charge in [-0.1, -0.05) is 32.0 Å². The number of guanidine groups is 1. The fourth-order valence-corrected chi connectivity index (χ4v) is 3.30. The fourth-order valence-electron chi connectivity index (χ4n) is 2.73. The number of aryl methyl sites for hydroxylation is 2. The van der Waals surface area contributed by atoms with E-state index in [0.717, 1.165) is 24.8 Å². The lowest BCUT2D eigenvalue weighted by atomic mass is 10.0. The number of para-hydroxylation sites is 1. The van der Waals surface area contributed by atoms with E-state index in [0.29, 0.717) is 30.5 Å². The van der Waals surface area contributed by atoms with Crippen LogP contribution in [-0.2, 0) is 22.9 Å². The second-order valence-electron chi connectivity index (χ2n) is 6.30. The SMILES string of the molecule is CCc1cccc(CC)c1NC(N)=NCCOc1ccc(NS(C)(=O)=O)cc1. The normalized spacial score (nSPS) is 11.9.